The van der Waals surface area contributed by atoms with Crippen molar-refractivity contribution < 1.29 is 17.9 Å². The minimum Gasteiger partial charge on any atom is -0.469 e. The third-order valence-corrected chi connectivity index (χ3v) is 7.71. The fourth-order valence-electron chi connectivity index (χ4n) is 4.06. The summed E-state index contributed by atoms with van der Waals surface area (Å²) in [6.07, 6.45) is 3.74. The zero-order valence-corrected chi connectivity index (χ0v) is 17.6. The van der Waals surface area contributed by atoms with Gasteiger partial charge in [0.2, 0.25) is 0 Å². The highest BCUT2D eigenvalue weighted by Gasteiger charge is 2.34. The van der Waals surface area contributed by atoms with Crippen LogP contribution in [0.3, 0.4) is 0 Å². The molecule has 0 aliphatic heterocycles. The highest BCUT2D eigenvalue weighted by Crippen LogP contribution is 2.36. The van der Waals surface area contributed by atoms with Crippen LogP contribution in [-0.2, 0) is 25.9 Å². The Bertz CT molecular complexity index is 1010. The molecule has 2 aromatic rings. The molecule has 29 heavy (non-hydrogen) atoms. The Balaban J connectivity index is 1.66. The van der Waals surface area contributed by atoms with Crippen LogP contribution in [0.4, 0.5) is 0 Å². The van der Waals surface area contributed by atoms with Crippen LogP contribution in [0.15, 0.2) is 58.4 Å². The van der Waals surface area contributed by atoms with Crippen molar-refractivity contribution in [1.29, 1.82) is 0 Å². The molecular weight excluding hydrogens is 390 g/mol. The van der Waals surface area contributed by atoms with Gasteiger partial charge >= 0.3 is 5.97 Å². The molecule has 1 aromatic heterocycles. The summed E-state index contributed by atoms with van der Waals surface area (Å²) < 4.78 is 32.2. The fraction of sp³-hybridized carbons (Fsp3) is 0.455. The lowest BCUT2D eigenvalue weighted by Crippen LogP contribution is -2.32. The number of aromatic nitrogens is 1. The van der Waals surface area contributed by atoms with Gasteiger partial charge in [-0.05, 0) is 54.9 Å². The third kappa shape index (κ3) is 5.15. The molecule has 7 heteroatoms. The molecule has 156 valence electrons. The highest BCUT2D eigenvalue weighted by molar-refractivity contribution is 7.91. The second kappa shape index (κ2) is 8.95. The first kappa shape index (κ1) is 21.3. The molecule has 0 amide bonds. The minimum atomic E-state index is -3.42. The maximum absolute atomic E-state index is 12.9. The molecule has 1 heterocycles. The molecule has 1 fully saturated rings. The molecular formula is C22H27NO5S. The summed E-state index contributed by atoms with van der Waals surface area (Å²) in [6.45, 7) is 2.41. The van der Waals surface area contributed by atoms with Gasteiger partial charge in [0, 0.05) is 12.3 Å². The van der Waals surface area contributed by atoms with E-state index in [1.807, 2.05) is 6.92 Å². The molecule has 1 saturated carbocycles. The molecule has 6 nitrogen and oxygen atoms in total. The molecule has 0 spiro atoms. The monoisotopic (exact) mass is 417 g/mol. The Hall–Kier alpha value is -2.41. The number of sulfone groups is 1. The number of nitrogens with zero attached hydrogens (tertiary/aromatic N) is 1. The summed E-state index contributed by atoms with van der Waals surface area (Å²) in [5.41, 5.74) is 0.768. The molecule has 3 unspecified atom stereocenters. The summed E-state index contributed by atoms with van der Waals surface area (Å²) in [7, 11) is -2.03. The molecule has 0 N–H and O–H groups in total. The van der Waals surface area contributed by atoms with E-state index in [2.05, 4.69) is 0 Å². The molecule has 0 bridgehead atoms. The largest absolute Gasteiger partial charge is 0.469 e. The standard InChI is InChI=1S/C22H27NO5S/c1-16-13-18(22(25)28-2)8-9-19(16)15-29(26,27)20-10-6-17(7-11-20)14-23-12-4-3-5-21(23)24/h3-7,10-12,16,18-19H,8-9,13-15H2,1-2H3. The number of carbonyl (C=O) groups is 1. The number of rotatable bonds is 6. The van der Waals surface area contributed by atoms with Gasteiger partial charge in [-0.15, -0.1) is 0 Å². The van der Waals surface area contributed by atoms with Crippen LogP contribution >= 0.6 is 0 Å². The smallest absolute Gasteiger partial charge is 0.308 e. The number of hydrogen-bond acceptors (Lipinski definition) is 5. The van der Waals surface area contributed by atoms with Crippen LogP contribution in [0.1, 0.15) is 31.7 Å². The van der Waals surface area contributed by atoms with E-state index in [4.69, 9.17) is 4.74 Å². The Morgan fingerprint density at radius 2 is 1.86 bits per heavy atom. The first-order valence-corrected chi connectivity index (χ1v) is 11.5. The number of ether oxygens (including phenoxy) is 1. The maximum atomic E-state index is 12.9. The number of methoxy groups -OCH3 is 1. The van der Waals surface area contributed by atoms with E-state index in [9.17, 15) is 18.0 Å². The van der Waals surface area contributed by atoms with E-state index in [0.29, 0.717) is 30.7 Å². The molecule has 1 aliphatic rings. The SMILES string of the molecule is COC(=O)C1CCC(CS(=O)(=O)c2ccc(Cn3ccccc3=O)cc2)C(C)C1. The highest BCUT2D eigenvalue weighted by atomic mass is 32.2. The summed E-state index contributed by atoms with van der Waals surface area (Å²) in [4.78, 5) is 23.9. The lowest BCUT2D eigenvalue weighted by Gasteiger charge is -2.32. The van der Waals surface area contributed by atoms with Gasteiger partial charge in [-0.3, -0.25) is 9.59 Å². The topological polar surface area (TPSA) is 82.4 Å². The van der Waals surface area contributed by atoms with Crippen molar-refractivity contribution in [2.75, 3.05) is 12.9 Å². The van der Waals surface area contributed by atoms with Crippen molar-refractivity contribution in [1.82, 2.24) is 4.57 Å². The van der Waals surface area contributed by atoms with E-state index in [-0.39, 0.29) is 35.0 Å². The first-order chi connectivity index (χ1) is 13.8. The lowest BCUT2D eigenvalue weighted by atomic mass is 9.76. The minimum absolute atomic E-state index is 0.0310. The van der Waals surface area contributed by atoms with E-state index in [1.54, 1.807) is 47.2 Å². The molecule has 3 rings (SSSR count). The van der Waals surface area contributed by atoms with Gasteiger partial charge in [-0.1, -0.05) is 25.1 Å². The summed E-state index contributed by atoms with van der Waals surface area (Å²) in [5.74, 6) is -0.0734. The van der Waals surface area contributed by atoms with E-state index >= 15 is 0 Å². The molecule has 0 saturated heterocycles. The van der Waals surface area contributed by atoms with Crippen LogP contribution in [0.5, 0.6) is 0 Å². The Morgan fingerprint density at radius 3 is 2.48 bits per heavy atom. The number of carbonyl (C=O) groups excluding carboxylic acids is 1. The summed E-state index contributed by atoms with van der Waals surface area (Å²) >= 11 is 0. The normalized spacial score (nSPS) is 22.2. The molecule has 0 radical (unpaired) electrons. The second-order valence-electron chi connectivity index (χ2n) is 7.86. The predicted molar refractivity (Wildman–Crippen MR) is 110 cm³/mol. The first-order valence-electron chi connectivity index (χ1n) is 9.85. The number of hydrogen-bond donors (Lipinski definition) is 0. The summed E-state index contributed by atoms with van der Waals surface area (Å²) in [5, 5.41) is 0. The Labute approximate surface area is 171 Å². The zero-order chi connectivity index (χ0) is 21.0. The molecule has 1 aliphatic carbocycles. The van der Waals surface area contributed by atoms with Gasteiger partial charge < -0.3 is 9.30 Å². The molecule has 3 atom stereocenters. The van der Waals surface area contributed by atoms with E-state index < -0.39 is 9.84 Å². The van der Waals surface area contributed by atoms with E-state index in [0.717, 1.165) is 5.56 Å². The molecule has 1 aromatic carbocycles. The van der Waals surface area contributed by atoms with Gasteiger partial charge in [0.05, 0.1) is 30.2 Å². The van der Waals surface area contributed by atoms with Crippen molar-refractivity contribution in [3.05, 3.63) is 64.6 Å². The van der Waals surface area contributed by atoms with Crippen LogP contribution in [-0.4, -0.2) is 31.8 Å². The van der Waals surface area contributed by atoms with Crippen molar-refractivity contribution in [3.63, 3.8) is 0 Å². The Morgan fingerprint density at radius 1 is 1.14 bits per heavy atom. The van der Waals surface area contributed by atoms with Crippen molar-refractivity contribution in [2.24, 2.45) is 17.8 Å². The van der Waals surface area contributed by atoms with Crippen molar-refractivity contribution >= 4 is 15.8 Å². The van der Waals surface area contributed by atoms with Gasteiger partial charge in [0.15, 0.2) is 9.84 Å². The van der Waals surface area contributed by atoms with Crippen molar-refractivity contribution in [2.45, 2.75) is 37.6 Å². The quantitative estimate of drug-likeness (QED) is 0.675. The van der Waals surface area contributed by atoms with Gasteiger partial charge in [-0.25, -0.2) is 8.42 Å². The number of esters is 1. The number of pyridine rings is 1. The van der Waals surface area contributed by atoms with Gasteiger partial charge in [0.1, 0.15) is 0 Å². The van der Waals surface area contributed by atoms with Gasteiger partial charge in [0.25, 0.3) is 5.56 Å². The van der Waals surface area contributed by atoms with Crippen LogP contribution in [0.2, 0.25) is 0 Å². The average Bonchev–Trinajstić information content (AvgIpc) is 2.71. The van der Waals surface area contributed by atoms with Crippen LogP contribution in [0.25, 0.3) is 0 Å². The van der Waals surface area contributed by atoms with Crippen LogP contribution < -0.4 is 5.56 Å². The maximum Gasteiger partial charge on any atom is 0.308 e. The lowest BCUT2D eigenvalue weighted by molar-refractivity contribution is -0.147. The average molecular weight is 418 g/mol. The number of benzene rings is 1. The second-order valence-corrected chi connectivity index (χ2v) is 9.90. The Kier molecular flexibility index (Phi) is 6.57. The van der Waals surface area contributed by atoms with Gasteiger partial charge in [-0.2, -0.15) is 0 Å². The van der Waals surface area contributed by atoms with Crippen LogP contribution in [0, 0.1) is 17.8 Å². The fourth-order valence-corrected chi connectivity index (χ4v) is 5.86. The zero-order valence-electron chi connectivity index (χ0n) is 16.8. The predicted octanol–water partition coefficient (Wildman–Crippen LogP) is 2.90. The third-order valence-electron chi connectivity index (χ3n) is 5.85. The van der Waals surface area contributed by atoms with Crippen molar-refractivity contribution in [3.8, 4) is 0 Å². The summed E-state index contributed by atoms with van der Waals surface area (Å²) in [6, 6.07) is 11.7. The van der Waals surface area contributed by atoms with E-state index in [1.165, 1.54) is 13.2 Å².